The summed E-state index contributed by atoms with van der Waals surface area (Å²) in [6.45, 7) is 1.74. The van der Waals surface area contributed by atoms with Crippen LogP contribution in [0, 0.1) is 29.6 Å². The third-order valence-electron chi connectivity index (χ3n) is 4.19. The van der Waals surface area contributed by atoms with Crippen molar-refractivity contribution in [2.75, 3.05) is 5.32 Å². The van der Waals surface area contributed by atoms with Crippen LogP contribution in [-0.4, -0.2) is 21.1 Å². The first-order valence-electron chi connectivity index (χ1n) is 8.25. The van der Waals surface area contributed by atoms with E-state index in [-0.39, 0.29) is 11.6 Å². The molecule has 8 heteroatoms. The number of H-pyrrole nitrogens is 1. The van der Waals surface area contributed by atoms with E-state index in [1.165, 1.54) is 17.5 Å². The summed E-state index contributed by atoms with van der Waals surface area (Å²) in [5.74, 6) is -0.353. The van der Waals surface area contributed by atoms with Crippen LogP contribution in [0.25, 0.3) is 21.5 Å². The zero-order chi connectivity index (χ0) is 19.7. The minimum absolute atomic E-state index is 0.267. The number of pyridine rings is 1. The van der Waals surface area contributed by atoms with Gasteiger partial charge < -0.3 is 5.32 Å². The predicted octanol–water partition coefficient (Wildman–Crippen LogP) is 3.99. The molecule has 0 saturated heterocycles. The number of thiophene rings is 1. The van der Waals surface area contributed by atoms with E-state index in [0.717, 1.165) is 21.5 Å². The Morgan fingerprint density at radius 2 is 2.04 bits per heavy atom. The number of aromatic amines is 1. The van der Waals surface area contributed by atoms with Crippen molar-refractivity contribution in [3.8, 4) is 22.7 Å². The molecule has 0 spiro atoms. The van der Waals surface area contributed by atoms with E-state index in [9.17, 15) is 4.79 Å². The van der Waals surface area contributed by atoms with Gasteiger partial charge in [-0.1, -0.05) is 0 Å². The van der Waals surface area contributed by atoms with Gasteiger partial charge in [-0.15, -0.1) is 11.3 Å². The summed E-state index contributed by atoms with van der Waals surface area (Å²) in [5, 5.41) is 28.9. The molecule has 0 radical (unpaired) electrons. The molecule has 4 aromatic rings. The third kappa shape index (κ3) is 3.09. The number of rotatable bonds is 3. The van der Waals surface area contributed by atoms with Gasteiger partial charge in [0.15, 0.2) is 0 Å². The van der Waals surface area contributed by atoms with Gasteiger partial charge in [0, 0.05) is 17.3 Å². The second kappa shape index (κ2) is 6.95. The number of carbonyl (C=O) groups is 1. The van der Waals surface area contributed by atoms with Crippen LogP contribution in [0.5, 0.6) is 0 Å². The van der Waals surface area contributed by atoms with Gasteiger partial charge in [-0.05, 0) is 48.9 Å². The first-order valence-corrected chi connectivity index (χ1v) is 9.07. The largest absolute Gasteiger partial charge is 0.321 e. The normalized spacial score (nSPS) is 10.4. The number of nitrogens with zero attached hydrogens (tertiary/aromatic N) is 4. The van der Waals surface area contributed by atoms with Crippen LogP contribution in [0.4, 0.5) is 5.69 Å². The van der Waals surface area contributed by atoms with Crippen molar-refractivity contribution in [2.45, 2.75) is 6.92 Å². The molecule has 3 heterocycles. The molecular formula is C20H12N6OS. The number of aryl methyl sites for hydroxylation is 1. The standard InChI is InChI=1S/C20H12N6OS/c1-11-6-12(8-21)10-23-18(11)20(27)24-13-2-4-16-15(7-13)19(26-25-16)17-5-3-14(9-22)28-17/h2-7,10H,1H3,(H,24,27)(H,25,26). The first kappa shape index (κ1) is 17.4. The molecule has 1 amide bonds. The highest BCUT2D eigenvalue weighted by Crippen LogP contribution is 2.33. The van der Waals surface area contributed by atoms with E-state index in [4.69, 9.17) is 10.5 Å². The van der Waals surface area contributed by atoms with Crippen molar-refractivity contribution >= 4 is 33.8 Å². The quantitative estimate of drug-likeness (QED) is 0.553. The molecule has 2 N–H and O–H groups in total. The topological polar surface area (TPSA) is 118 Å². The lowest BCUT2D eigenvalue weighted by Gasteiger charge is -2.07. The molecule has 0 bridgehead atoms. The summed E-state index contributed by atoms with van der Waals surface area (Å²) in [7, 11) is 0. The van der Waals surface area contributed by atoms with Gasteiger partial charge in [0.2, 0.25) is 0 Å². The highest BCUT2D eigenvalue weighted by molar-refractivity contribution is 7.16. The lowest BCUT2D eigenvalue weighted by atomic mass is 10.1. The number of hydrogen-bond acceptors (Lipinski definition) is 6. The average molecular weight is 384 g/mol. The Kier molecular flexibility index (Phi) is 4.32. The zero-order valence-corrected chi connectivity index (χ0v) is 15.5. The molecule has 3 aromatic heterocycles. The molecule has 0 saturated carbocycles. The van der Waals surface area contributed by atoms with Crippen LogP contribution in [-0.2, 0) is 0 Å². The highest BCUT2D eigenvalue weighted by atomic mass is 32.1. The van der Waals surface area contributed by atoms with Crippen molar-refractivity contribution in [2.24, 2.45) is 0 Å². The maximum atomic E-state index is 12.6. The van der Waals surface area contributed by atoms with Gasteiger partial charge in [-0.3, -0.25) is 9.89 Å². The minimum atomic E-state index is -0.353. The van der Waals surface area contributed by atoms with Gasteiger partial charge >= 0.3 is 0 Å². The van der Waals surface area contributed by atoms with Crippen LogP contribution in [0.2, 0.25) is 0 Å². The summed E-state index contributed by atoms with van der Waals surface area (Å²) in [5.41, 5.74) is 3.46. The van der Waals surface area contributed by atoms with E-state index in [1.54, 1.807) is 25.1 Å². The molecule has 28 heavy (non-hydrogen) atoms. The minimum Gasteiger partial charge on any atom is -0.321 e. The Morgan fingerprint density at radius 1 is 1.18 bits per heavy atom. The number of fused-ring (bicyclic) bond motifs is 1. The maximum Gasteiger partial charge on any atom is 0.274 e. The number of hydrogen-bond donors (Lipinski definition) is 2. The summed E-state index contributed by atoms with van der Waals surface area (Å²) >= 11 is 1.36. The van der Waals surface area contributed by atoms with Gasteiger partial charge in [0.25, 0.3) is 5.91 Å². The molecule has 1 aromatic carbocycles. The fourth-order valence-electron chi connectivity index (χ4n) is 2.87. The van der Waals surface area contributed by atoms with Crippen LogP contribution >= 0.6 is 11.3 Å². The SMILES string of the molecule is Cc1cc(C#N)cnc1C(=O)Nc1ccc2[nH]nc(-c3ccc(C#N)s3)c2c1. The third-order valence-corrected chi connectivity index (χ3v) is 5.19. The number of nitrogens with one attached hydrogen (secondary N) is 2. The molecule has 0 aliphatic heterocycles. The lowest BCUT2D eigenvalue weighted by Crippen LogP contribution is -2.15. The average Bonchev–Trinajstić information content (AvgIpc) is 3.33. The van der Waals surface area contributed by atoms with Crippen molar-refractivity contribution < 1.29 is 4.79 Å². The van der Waals surface area contributed by atoms with Crippen molar-refractivity contribution in [3.05, 3.63) is 64.3 Å². The van der Waals surface area contributed by atoms with E-state index in [1.807, 2.05) is 24.3 Å². The van der Waals surface area contributed by atoms with Crippen LogP contribution in [0.15, 0.2) is 42.6 Å². The first-order chi connectivity index (χ1) is 13.6. The van der Waals surface area contributed by atoms with E-state index in [2.05, 4.69) is 26.6 Å². The van der Waals surface area contributed by atoms with Crippen molar-refractivity contribution in [1.29, 1.82) is 10.5 Å². The molecular weight excluding hydrogens is 372 g/mol. The number of benzene rings is 1. The summed E-state index contributed by atoms with van der Waals surface area (Å²) in [6.07, 6.45) is 1.38. The number of aromatic nitrogens is 3. The predicted molar refractivity (Wildman–Crippen MR) is 106 cm³/mol. The van der Waals surface area contributed by atoms with Gasteiger partial charge in [-0.25, -0.2) is 4.98 Å². The number of nitriles is 2. The monoisotopic (exact) mass is 384 g/mol. The molecule has 134 valence electrons. The molecule has 0 fully saturated rings. The molecule has 0 atom stereocenters. The highest BCUT2D eigenvalue weighted by Gasteiger charge is 2.15. The molecule has 0 unspecified atom stereocenters. The summed E-state index contributed by atoms with van der Waals surface area (Å²) < 4.78 is 0. The Bertz CT molecular complexity index is 1300. The Labute approximate surface area is 163 Å². The molecule has 4 rings (SSSR count). The van der Waals surface area contributed by atoms with Gasteiger partial charge in [-0.2, -0.15) is 15.6 Å². The van der Waals surface area contributed by atoms with Gasteiger partial charge in [0.1, 0.15) is 28.4 Å². The van der Waals surface area contributed by atoms with E-state index >= 15 is 0 Å². The number of amides is 1. The maximum absolute atomic E-state index is 12.6. The Morgan fingerprint density at radius 3 is 2.75 bits per heavy atom. The lowest BCUT2D eigenvalue weighted by molar-refractivity contribution is 0.102. The van der Waals surface area contributed by atoms with E-state index < -0.39 is 0 Å². The summed E-state index contributed by atoms with van der Waals surface area (Å²) in [4.78, 5) is 18.2. The number of anilines is 1. The fourth-order valence-corrected chi connectivity index (χ4v) is 3.68. The van der Waals surface area contributed by atoms with E-state index in [0.29, 0.717) is 21.7 Å². The molecule has 0 aliphatic carbocycles. The van der Waals surface area contributed by atoms with Crippen molar-refractivity contribution in [1.82, 2.24) is 15.2 Å². The van der Waals surface area contributed by atoms with Crippen molar-refractivity contribution in [3.63, 3.8) is 0 Å². The fraction of sp³-hybridized carbons (Fsp3) is 0.0500. The van der Waals surface area contributed by atoms with Crippen LogP contribution in [0.3, 0.4) is 0 Å². The molecule has 7 nitrogen and oxygen atoms in total. The zero-order valence-electron chi connectivity index (χ0n) is 14.6. The Balaban J connectivity index is 1.66. The van der Waals surface area contributed by atoms with Gasteiger partial charge in [0.05, 0.1) is 16.0 Å². The van der Waals surface area contributed by atoms with Crippen LogP contribution < -0.4 is 5.32 Å². The molecule has 0 aliphatic rings. The second-order valence-corrected chi connectivity index (χ2v) is 7.15. The van der Waals surface area contributed by atoms with Crippen LogP contribution in [0.1, 0.15) is 26.5 Å². The summed E-state index contributed by atoms with van der Waals surface area (Å²) in [6, 6.07) is 14.8. The number of carbonyl (C=O) groups excluding carboxylic acids is 1. The second-order valence-electron chi connectivity index (χ2n) is 6.06. The Hall–Kier alpha value is -4.01. The smallest absolute Gasteiger partial charge is 0.274 e.